The predicted molar refractivity (Wildman–Crippen MR) is 103 cm³/mol. The van der Waals surface area contributed by atoms with Gasteiger partial charge in [-0.25, -0.2) is 0 Å². The van der Waals surface area contributed by atoms with Gasteiger partial charge in [0.15, 0.2) is 0 Å². The van der Waals surface area contributed by atoms with E-state index in [2.05, 4.69) is 36.4 Å². The van der Waals surface area contributed by atoms with Gasteiger partial charge in [0, 0.05) is 19.2 Å². The van der Waals surface area contributed by atoms with Gasteiger partial charge in [-0.05, 0) is 56.0 Å². The summed E-state index contributed by atoms with van der Waals surface area (Å²) < 4.78 is 5.78. The molecule has 2 aromatic carbocycles. The van der Waals surface area contributed by atoms with E-state index in [-0.39, 0.29) is 5.91 Å². The standard InChI is InChI=1S/C22H27NO2/c1-4-23(5-2)22(24)15-18(3)17-25-21-13-11-20(12-14-21)16-19-9-7-6-8-10-19/h6-15H,4-5,16-17H2,1-3H3/b18-15+. The molecule has 0 aromatic heterocycles. The summed E-state index contributed by atoms with van der Waals surface area (Å²) >= 11 is 0. The Morgan fingerprint density at radius 1 is 0.960 bits per heavy atom. The number of amides is 1. The normalized spacial score (nSPS) is 11.2. The minimum absolute atomic E-state index is 0.0457. The minimum Gasteiger partial charge on any atom is -0.489 e. The third kappa shape index (κ3) is 6.11. The first-order chi connectivity index (χ1) is 12.1. The lowest BCUT2D eigenvalue weighted by Crippen LogP contribution is -2.29. The molecule has 2 rings (SSSR count). The van der Waals surface area contributed by atoms with Gasteiger partial charge < -0.3 is 9.64 Å². The first kappa shape index (κ1) is 18.8. The van der Waals surface area contributed by atoms with Crippen molar-refractivity contribution in [2.75, 3.05) is 19.7 Å². The maximum Gasteiger partial charge on any atom is 0.246 e. The van der Waals surface area contributed by atoms with Crippen LogP contribution in [0.15, 0.2) is 66.2 Å². The molecule has 3 heteroatoms. The average molecular weight is 337 g/mol. The molecule has 25 heavy (non-hydrogen) atoms. The summed E-state index contributed by atoms with van der Waals surface area (Å²) in [5, 5.41) is 0. The van der Waals surface area contributed by atoms with Gasteiger partial charge >= 0.3 is 0 Å². The molecule has 1 amide bonds. The largest absolute Gasteiger partial charge is 0.489 e. The van der Waals surface area contributed by atoms with Crippen molar-refractivity contribution in [3.8, 4) is 5.75 Å². The van der Waals surface area contributed by atoms with Crippen LogP contribution < -0.4 is 4.74 Å². The molecule has 0 aliphatic carbocycles. The van der Waals surface area contributed by atoms with E-state index in [4.69, 9.17) is 4.74 Å². The van der Waals surface area contributed by atoms with Crippen LogP contribution in [0.25, 0.3) is 0 Å². The van der Waals surface area contributed by atoms with Crippen molar-refractivity contribution in [1.82, 2.24) is 4.90 Å². The molecule has 0 heterocycles. The summed E-state index contributed by atoms with van der Waals surface area (Å²) in [7, 11) is 0. The molecule has 132 valence electrons. The zero-order chi connectivity index (χ0) is 18.1. The Morgan fingerprint density at radius 2 is 1.56 bits per heavy atom. The van der Waals surface area contributed by atoms with Crippen LogP contribution in [0.5, 0.6) is 5.75 Å². The summed E-state index contributed by atoms with van der Waals surface area (Å²) in [6.07, 6.45) is 2.58. The lowest BCUT2D eigenvalue weighted by molar-refractivity contribution is -0.125. The third-order valence-corrected chi connectivity index (χ3v) is 4.09. The number of benzene rings is 2. The molecule has 0 radical (unpaired) electrons. The van der Waals surface area contributed by atoms with Crippen LogP contribution in [0, 0.1) is 0 Å². The summed E-state index contributed by atoms with van der Waals surface area (Å²) in [5.41, 5.74) is 3.47. The maximum atomic E-state index is 12.0. The highest BCUT2D eigenvalue weighted by molar-refractivity contribution is 5.88. The molecular weight excluding hydrogens is 310 g/mol. The van der Waals surface area contributed by atoms with E-state index >= 15 is 0 Å². The van der Waals surface area contributed by atoms with Crippen LogP contribution in [-0.4, -0.2) is 30.5 Å². The minimum atomic E-state index is 0.0457. The van der Waals surface area contributed by atoms with Gasteiger partial charge in [-0.2, -0.15) is 0 Å². The average Bonchev–Trinajstić information content (AvgIpc) is 2.63. The van der Waals surface area contributed by atoms with E-state index in [9.17, 15) is 4.79 Å². The topological polar surface area (TPSA) is 29.5 Å². The van der Waals surface area contributed by atoms with E-state index in [1.807, 2.05) is 39.0 Å². The van der Waals surface area contributed by atoms with Crippen LogP contribution >= 0.6 is 0 Å². The van der Waals surface area contributed by atoms with Gasteiger partial charge in [-0.3, -0.25) is 4.79 Å². The fourth-order valence-corrected chi connectivity index (χ4v) is 2.61. The molecule has 0 aliphatic rings. The highest BCUT2D eigenvalue weighted by Gasteiger charge is 2.06. The molecule has 0 aliphatic heterocycles. The van der Waals surface area contributed by atoms with Gasteiger partial charge in [-0.15, -0.1) is 0 Å². The number of carbonyl (C=O) groups is 1. The molecule has 3 nitrogen and oxygen atoms in total. The highest BCUT2D eigenvalue weighted by Crippen LogP contribution is 2.16. The van der Waals surface area contributed by atoms with Crippen LogP contribution in [0.3, 0.4) is 0 Å². The predicted octanol–water partition coefficient (Wildman–Crippen LogP) is 4.47. The molecular formula is C22H27NO2. The molecule has 0 saturated carbocycles. The lowest BCUT2D eigenvalue weighted by Gasteiger charge is -2.16. The Kier molecular flexibility index (Phi) is 7.27. The Labute approximate surface area is 150 Å². The molecule has 0 spiro atoms. The van der Waals surface area contributed by atoms with Gasteiger partial charge in [0.2, 0.25) is 5.91 Å². The molecule has 0 unspecified atom stereocenters. The van der Waals surface area contributed by atoms with E-state index in [1.165, 1.54) is 11.1 Å². The van der Waals surface area contributed by atoms with Crippen molar-refractivity contribution >= 4 is 5.91 Å². The van der Waals surface area contributed by atoms with Gasteiger partial charge in [-0.1, -0.05) is 42.5 Å². The SMILES string of the molecule is CCN(CC)C(=O)/C=C(\C)COc1ccc(Cc2ccccc2)cc1. The zero-order valence-corrected chi connectivity index (χ0v) is 15.4. The third-order valence-electron chi connectivity index (χ3n) is 4.09. The molecule has 2 aromatic rings. The summed E-state index contributed by atoms with van der Waals surface area (Å²) in [6.45, 7) is 7.76. The number of nitrogens with zero attached hydrogens (tertiary/aromatic N) is 1. The molecule has 0 atom stereocenters. The van der Waals surface area contributed by atoms with Crippen molar-refractivity contribution in [2.45, 2.75) is 27.2 Å². The molecule has 0 saturated heterocycles. The van der Waals surface area contributed by atoms with Crippen molar-refractivity contribution in [3.05, 3.63) is 77.4 Å². The number of carbonyl (C=O) groups excluding carboxylic acids is 1. The second-order valence-corrected chi connectivity index (χ2v) is 6.10. The Balaban J connectivity index is 1.87. The number of ether oxygens (including phenoxy) is 1. The first-order valence-corrected chi connectivity index (χ1v) is 8.84. The Bertz CT molecular complexity index is 686. The second kappa shape index (κ2) is 9.67. The number of rotatable bonds is 8. The smallest absolute Gasteiger partial charge is 0.246 e. The summed E-state index contributed by atoms with van der Waals surface area (Å²) in [5.74, 6) is 0.865. The zero-order valence-electron chi connectivity index (χ0n) is 15.4. The highest BCUT2D eigenvalue weighted by atomic mass is 16.5. The quantitative estimate of drug-likeness (QED) is 0.665. The van der Waals surface area contributed by atoms with Crippen molar-refractivity contribution in [3.63, 3.8) is 0 Å². The number of likely N-dealkylation sites (N-methyl/N-ethyl adjacent to an activating group) is 1. The van der Waals surface area contributed by atoms with Crippen LogP contribution in [0.1, 0.15) is 31.9 Å². The fourth-order valence-electron chi connectivity index (χ4n) is 2.61. The van der Waals surface area contributed by atoms with Crippen molar-refractivity contribution < 1.29 is 9.53 Å². The summed E-state index contributed by atoms with van der Waals surface area (Å²) in [6, 6.07) is 18.5. The Morgan fingerprint density at radius 3 is 2.16 bits per heavy atom. The first-order valence-electron chi connectivity index (χ1n) is 8.84. The monoisotopic (exact) mass is 337 g/mol. The van der Waals surface area contributed by atoms with Crippen LogP contribution in [0.2, 0.25) is 0 Å². The van der Waals surface area contributed by atoms with E-state index in [0.29, 0.717) is 6.61 Å². The van der Waals surface area contributed by atoms with Crippen LogP contribution in [-0.2, 0) is 11.2 Å². The molecule has 0 bridgehead atoms. The Hall–Kier alpha value is -2.55. The molecule has 0 N–H and O–H groups in total. The fraction of sp³-hybridized carbons (Fsp3) is 0.318. The van der Waals surface area contributed by atoms with E-state index in [1.54, 1.807) is 11.0 Å². The summed E-state index contributed by atoms with van der Waals surface area (Å²) in [4.78, 5) is 13.8. The van der Waals surface area contributed by atoms with E-state index in [0.717, 1.165) is 30.8 Å². The number of hydrogen-bond acceptors (Lipinski definition) is 2. The second-order valence-electron chi connectivity index (χ2n) is 6.10. The molecule has 0 fully saturated rings. The van der Waals surface area contributed by atoms with Crippen molar-refractivity contribution in [1.29, 1.82) is 0 Å². The van der Waals surface area contributed by atoms with Gasteiger partial charge in [0.1, 0.15) is 12.4 Å². The number of hydrogen-bond donors (Lipinski definition) is 0. The van der Waals surface area contributed by atoms with Gasteiger partial charge in [0.25, 0.3) is 0 Å². The van der Waals surface area contributed by atoms with E-state index < -0.39 is 0 Å². The lowest BCUT2D eigenvalue weighted by atomic mass is 10.1. The van der Waals surface area contributed by atoms with Crippen molar-refractivity contribution in [2.24, 2.45) is 0 Å². The maximum absolute atomic E-state index is 12.0. The van der Waals surface area contributed by atoms with Crippen LogP contribution in [0.4, 0.5) is 0 Å². The van der Waals surface area contributed by atoms with Gasteiger partial charge in [0.05, 0.1) is 0 Å².